The quantitative estimate of drug-likeness (QED) is 0.150. The number of benzene rings is 8. The molecule has 0 radical (unpaired) electrons. The third kappa shape index (κ3) is 4.67. The summed E-state index contributed by atoms with van der Waals surface area (Å²) in [6.07, 6.45) is 0. The van der Waals surface area contributed by atoms with Crippen molar-refractivity contribution >= 4 is 38.0 Å². The summed E-state index contributed by atoms with van der Waals surface area (Å²) < 4.78 is 0. The second-order valence-electron chi connectivity index (χ2n) is 11.5. The topological polar surface area (TPSA) is 28.1 Å². The lowest BCUT2D eigenvalue weighted by molar-refractivity contribution is 1.48. The average molecular weight is 583 g/mol. The Bertz CT molecular complexity index is 2350. The van der Waals surface area contributed by atoms with Crippen LogP contribution in [-0.4, -0.2) is 0 Å². The summed E-state index contributed by atoms with van der Waals surface area (Å²) in [5, 5.41) is 16.7. The van der Waals surface area contributed by atoms with Crippen molar-refractivity contribution in [2.45, 2.75) is 0 Å². The van der Waals surface area contributed by atoms with E-state index in [-0.39, 0.29) is 0 Å². The predicted octanol–water partition coefficient (Wildman–Crippen LogP) is 12.2. The molecule has 0 bridgehead atoms. The number of nitriles is 1. The molecule has 0 aliphatic heterocycles. The highest BCUT2D eigenvalue weighted by molar-refractivity contribution is 6.25. The minimum absolute atomic E-state index is 0.646. The molecule has 0 amide bonds. The fourth-order valence-corrected chi connectivity index (χ4v) is 6.67. The molecule has 0 fully saturated rings. The van der Waals surface area contributed by atoms with E-state index < -0.39 is 0 Å². The zero-order chi connectivity index (χ0) is 31.0. The molecule has 2 heteroatoms. The van der Waals surface area contributed by atoms with Crippen molar-refractivity contribution in [1.29, 1.82) is 5.26 Å². The standard InChI is InChI=1S/C44H26N2/c1-46-37-11-7-10-35(25-37)31-18-22-33(23-19-31)43-27-36-26-42(32-20-16-30(17-21-32)34-9-6-8-29(24-34)28-45)38-12-2-4-14-40(38)44(36)41-15-5-3-13-39(41)43/h2-27H. The van der Waals surface area contributed by atoms with Gasteiger partial charge in [-0.15, -0.1) is 0 Å². The van der Waals surface area contributed by atoms with Crippen molar-refractivity contribution in [3.63, 3.8) is 0 Å². The highest BCUT2D eigenvalue weighted by Gasteiger charge is 2.15. The molecule has 0 atom stereocenters. The van der Waals surface area contributed by atoms with E-state index in [0.29, 0.717) is 11.3 Å². The van der Waals surface area contributed by atoms with Gasteiger partial charge in [0.25, 0.3) is 0 Å². The van der Waals surface area contributed by atoms with Gasteiger partial charge in [0.2, 0.25) is 0 Å². The monoisotopic (exact) mass is 582 g/mol. The maximum atomic E-state index is 9.37. The molecule has 0 saturated carbocycles. The Labute approximate surface area is 267 Å². The summed E-state index contributed by atoms with van der Waals surface area (Å²) >= 11 is 0. The molecular formula is C44H26N2. The van der Waals surface area contributed by atoms with Gasteiger partial charge in [0.05, 0.1) is 18.2 Å². The number of rotatable bonds is 4. The highest BCUT2D eigenvalue weighted by Crippen LogP contribution is 2.42. The van der Waals surface area contributed by atoms with Crippen LogP contribution in [0.2, 0.25) is 0 Å². The zero-order valence-corrected chi connectivity index (χ0v) is 24.9. The molecule has 0 spiro atoms. The summed E-state index contributed by atoms with van der Waals surface area (Å²) in [6.45, 7) is 7.39. The smallest absolute Gasteiger partial charge is 0.187 e. The second kappa shape index (κ2) is 11.2. The van der Waals surface area contributed by atoms with Crippen LogP contribution in [0.25, 0.3) is 81.7 Å². The van der Waals surface area contributed by atoms with Crippen LogP contribution in [0.1, 0.15) is 5.56 Å². The Morgan fingerprint density at radius 2 is 0.913 bits per heavy atom. The van der Waals surface area contributed by atoms with Crippen LogP contribution in [-0.2, 0) is 0 Å². The molecule has 0 aliphatic carbocycles. The maximum absolute atomic E-state index is 9.37. The molecule has 0 heterocycles. The molecule has 0 saturated heterocycles. The molecule has 2 nitrogen and oxygen atoms in total. The first kappa shape index (κ1) is 27.1. The van der Waals surface area contributed by atoms with Gasteiger partial charge in [0.1, 0.15) is 0 Å². The van der Waals surface area contributed by atoms with E-state index in [1.165, 1.54) is 43.4 Å². The van der Waals surface area contributed by atoms with Crippen molar-refractivity contribution in [3.05, 3.63) is 175 Å². The lowest BCUT2D eigenvalue weighted by atomic mass is 9.87. The van der Waals surface area contributed by atoms with Gasteiger partial charge in [-0.05, 0) is 107 Å². The molecular weight excluding hydrogens is 556 g/mol. The van der Waals surface area contributed by atoms with Gasteiger partial charge >= 0.3 is 0 Å². The summed E-state index contributed by atoms with van der Waals surface area (Å²) in [5.41, 5.74) is 10.3. The largest absolute Gasteiger partial charge is 0.238 e. The normalized spacial score (nSPS) is 11.0. The van der Waals surface area contributed by atoms with Crippen LogP contribution in [0, 0.1) is 17.9 Å². The lowest BCUT2D eigenvalue weighted by Crippen LogP contribution is -1.89. The van der Waals surface area contributed by atoms with E-state index in [4.69, 9.17) is 6.57 Å². The first-order chi connectivity index (χ1) is 22.7. The Balaban J connectivity index is 1.29. The second-order valence-corrected chi connectivity index (χ2v) is 11.5. The molecule has 0 aliphatic rings. The minimum atomic E-state index is 0.646. The number of nitrogens with zero attached hydrogens (tertiary/aromatic N) is 2. The van der Waals surface area contributed by atoms with Crippen LogP contribution < -0.4 is 0 Å². The van der Waals surface area contributed by atoms with E-state index in [0.717, 1.165) is 33.4 Å². The van der Waals surface area contributed by atoms with Crippen LogP contribution in [0.3, 0.4) is 0 Å². The van der Waals surface area contributed by atoms with Crippen LogP contribution in [0.4, 0.5) is 5.69 Å². The van der Waals surface area contributed by atoms with Gasteiger partial charge in [0, 0.05) is 0 Å². The van der Waals surface area contributed by atoms with E-state index in [1.807, 2.05) is 42.5 Å². The van der Waals surface area contributed by atoms with Crippen molar-refractivity contribution < 1.29 is 0 Å². The molecule has 8 aromatic rings. The van der Waals surface area contributed by atoms with Crippen molar-refractivity contribution in [2.75, 3.05) is 0 Å². The summed E-state index contributed by atoms with van der Waals surface area (Å²) in [7, 11) is 0. The van der Waals surface area contributed by atoms with Gasteiger partial charge in [-0.25, -0.2) is 4.85 Å². The third-order valence-electron chi connectivity index (χ3n) is 8.89. The van der Waals surface area contributed by atoms with E-state index in [1.54, 1.807) is 0 Å². The zero-order valence-electron chi connectivity index (χ0n) is 24.9. The summed E-state index contributed by atoms with van der Waals surface area (Å²) in [4.78, 5) is 3.60. The predicted molar refractivity (Wildman–Crippen MR) is 192 cm³/mol. The van der Waals surface area contributed by atoms with E-state index in [2.05, 4.69) is 126 Å². The van der Waals surface area contributed by atoms with Gasteiger partial charge < -0.3 is 0 Å². The number of hydrogen-bond acceptors (Lipinski definition) is 1. The Kier molecular flexibility index (Phi) is 6.61. The Morgan fingerprint density at radius 3 is 1.43 bits per heavy atom. The van der Waals surface area contributed by atoms with Gasteiger partial charge in [-0.3, -0.25) is 0 Å². The number of fused-ring (bicyclic) bond motifs is 5. The van der Waals surface area contributed by atoms with Gasteiger partial charge in [-0.1, -0.05) is 127 Å². The maximum Gasteiger partial charge on any atom is 0.187 e. The fraction of sp³-hybridized carbons (Fsp3) is 0. The summed E-state index contributed by atoms with van der Waals surface area (Å²) in [6, 6.07) is 57.2. The molecule has 212 valence electrons. The molecule has 8 rings (SSSR count). The molecule has 46 heavy (non-hydrogen) atoms. The highest BCUT2D eigenvalue weighted by atomic mass is 14.6. The van der Waals surface area contributed by atoms with Gasteiger partial charge in [0.15, 0.2) is 5.69 Å². The van der Waals surface area contributed by atoms with Crippen molar-refractivity contribution in [2.24, 2.45) is 0 Å². The van der Waals surface area contributed by atoms with Crippen molar-refractivity contribution in [3.8, 4) is 50.6 Å². The molecule has 0 unspecified atom stereocenters. The average Bonchev–Trinajstić information content (AvgIpc) is 3.14. The van der Waals surface area contributed by atoms with Crippen LogP contribution >= 0.6 is 0 Å². The fourth-order valence-electron chi connectivity index (χ4n) is 6.67. The first-order valence-electron chi connectivity index (χ1n) is 15.3. The molecule has 0 aromatic heterocycles. The third-order valence-corrected chi connectivity index (χ3v) is 8.89. The SMILES string of the molecule is [C-]#[N+]c1cccc(-c2ccc(-c3cc4cc(-c5ccc(-c6cccc(C#N)c6)cc5)c5ccccc5c4c4ccccc34)cc2)c1. The Hall–Kier alpha value is -6.48. The van der Waals surface area contributed by atoms with Crippen molar-refractivity contribution in [1.82, 2.24) is 0 Å². The lowest BCUT2D eigenvalue weighted by Gasteiger charge is -2.16. The van der Waals surface area contributed by atoms with E-state index >= 15 is 0 Å². The Morgan fingerprint density at radius 1 is 0.435 bits per heavy atom. The number of hydrogen-bond donors (Lipinski definition) is 0. The molecule has 8 aromatic carbocycles. The minimum Gasteiger partial charge on any atom is -0.238 e. The first-order valence-corrected chi connectivity index (χ1v) is 15.3. The summed E-state index contributed by atoms with van der Waals surface area (Å²) in [5.74, 6) is 0. The van der Waals surface area contributed by atoms with Gasteiger partial charge in [-0.2, -0.15) is 5.26 Å². The van der Waals surface area contributed by atoms with Crippen LogP contribution in [0.5, 0.6) is 0 Å². The molecule has 0 N–H and O–H groups in total. The van der Waals surface area contributed by atoms with Crippen LogP contribution in [0.15, 0.2) is 158 Å². The van der Waals surface area contributed by atoms with E-state index in [9.17, 15) is 5.26 Å².